The van der Waals surface area contributed by atoms with Crippen molar-refractivity contribution in [2.75, 3.05) is 25.0 Å². The summed E-state index contributed by atoms with van der Waals surface area (Å²) in [7, 11) is 0. The topological polar surface area (TPSA) is 70.4 Å². The molecule has 0 bridgehead atoms. The summed E-state index contributed by atoms with van der Waals surface area (Å²) in [5, 5.41) is 17.6. The summed E-state index contributed by atoms with van der Waals surface area (Å²) in [6, 6.07) is 5.84. The Morgan fingerprint density at radius 3 is 2.79 bits per heavy atom. The van der Waals surface area contributed by atoms with Gasteiger partial charge in [0.2, 0.25) is 0 Å². The number of nitrogens with one attached hydrogen (secondary N) is 1. The molecule has 1 heterocycles. The molecule has 2 rings (SSSR count). The molecular formula is C18H28N4O2. The zero-order valence-corrected chi connectivity index (χ0v) is 14.8. The minimum atomic E-state index is -0.171. The first kappa shape index (κ1) is 18.3. The largest absolute Gasteiger partial charge is 0.395 e. The number of aliphatic hydroxyl groups is 1. The molecule has 0 saturated heterocycles. The zero-order chi connectivity index (χ0) is 17.5. The molecule has 0 radical (unpaired) electrons. The average Bonchev–Trinajstić information content (AvgIpc) is 2.97. The van der Waals surface area contributed by atoms with Crippen LogP contribution in [-0.2, 0) is 0 Å². The van der Waals surface area contributed by atoms with Crippen LogP contribution in [0, 0.1) is 0 Å². The number of fused-ring (bicyclic) bond motifs is 1. The first-order valence-corrected chi connectivity index (χ1v) is 8.70. The Kier molecular flexibility index (Phi) is 6.61. The Morgan fingerprint density at radius 2 is 2.12 bits per heavy atom. The maximum absolute atomic E-state index is 12.4. The summed E-state index contributed by atoms with van der Waals surface area (Å²) in [5.74, 6) is 0. The lowest BCUT2D eigenvalue weighted by Gasteiger charge is -2.22. The van der Waals surface area contributed by atoms with E-state index in [4.69, 9.17) is 0 Å². The van der Waals surface area contributed by atoms with Crippen LogP contribution in [0.5, 0.6) is 0 Å². The second-order valence-corrected chi connectivity index (χ2v) is 6.32. The third kappa shape index (κ3) is 4.71. The van der Waals surface area contributed by atoms with E-state index >= 15 is 0 Å². The summed E-state index contributed by atoms with van der Waals surface area (Å²) >= 11 is 0. The number of carbonyl (C=O) groups is 1. The molecule has 2 N–H and O–H groups in total. The van der Waals surface area contributed by atoms with Gasteiger partial charge in [0, 0.05) is 36.4 Å². The molecule has 2 aromatic rings. The van der Waals surface area contributed by atoms with Crippen molar-refractivity contribution in [3.8, 4) is 0 Å². The highest BCUT2D eigenvalue weighted by Crippen LogP contribution is 2.20. The van der Waals surface area contributed by atoms with E-state index in [1.807, 2.05) is 29.1 Å². The van der Waals surface area contributed by atoms with Crippen molar-refractivity contribution < 1.29 is 9.90 Å². The number of nitrogens with zero attached hydrogens (tertiary/aromatic N) is 3. The lowest BCUT2D eigenvalue weighted by atomic mass is 10.2. The van der Waals surface area contributed by atoms with Gasteiger partial charge in [-0.05, 0) is 38.5 Å². The number of urea groups is 1. The van der Waals surface area contributed by atoms with Crippen LogP contribution in [0.4, 0.5) is 10.5 Å². The average molecular weight is 332 g/mol. The quantitative estimate of drug-likeness (QED) is 0.725. The van der Waals surface area contributed by atoms with Crippen molar-refractivity contribution in [1.82, 2.24) is 14.7 Å². The number of unbranched alkanes of at least 4 members (excludes halogenated alkanes) is 2. The molecular weight excluding hydrogens is 304 g/mol. The fourth-order valence-corrected chi connectivity index (χ4v) is 2.58. The number of anilines is 1. The van der Waals surface area contributed by atoms with Gasteiger partial charge in [0.1, 0.15) is 0 Å². The number of aliphatic hydroxyl groups excluding tert-OH is 1. The van der Waals surface area contributed by atoms with Gasteiger partial charge in [0.15, 0.2) is 0 Å². The van der Waals surface area contributed by atoms with Crippen LogP contribution in [-0.4, -0.2) is 45.5 Å². The SMILES string of the molecule is CCCCCN(CCO)C(=O)Nc1ccc2nn(C(C)C)cc2c1. The number of benzene rings is 1. The van der Waals surface area contributed by atoms with E-state index in [0.717, 1.165) is 35.9 Å². The maximum Gasteiger partial charge on any atom is 0.321 e. The van der Waals surface area contributed by atoms with Crippen LogP contribution >= 0.6 is 0 Å². The van der Waals surface area contributed by atoms with Gasteiger partial charge in [-0.15, -0.1) is 0 Å². The highest BCUT2D eigenvalue weighted by molar-refractivity contribution is 5.92. The zero-order valence-electron chi connectivity index (χ0n) is 14.8. The Hall–Kier alpha value is -2.08. The summed E-state index contributed by atoms with van der Waals surface area (Å²) in [6.07, 6.45) is 5.12. The van der Waals surface area contributed by atoms with Crippen LogP contribution in [0.15, 0.2) is 24.4 Å². The lowest BCUT2D eigenvalue weighted by molar-refractivity contribution is 0.187. The Labute approximate surface area is 143 Å². The standard InChI is InChI=1S/C18H28N4O2/c1-4-5-6-9-21(10-11-23)18(24)19-16-7-8-17-15(12-16)13-22(20-17)14(2)3/h7-8,12-14,23H,4-6,9-11H2,1-3H3,(H,19,24). The molecule has 132 valence electrons. The van der Waals surface area contributed by atoms with E-state index in [-0.39, 0.29) is 12.6 Å². The van der Waals surface area contributed by atoms with Crippen LogP contribution < -0.4 is 5.32 Å². The van der Waals surface area contributed by atoms with Crippen molar-refractivity contribution in [3.63, 3.8) is 0 Å². The fraction of sp³-hybridized carbons (Fsp3) is 0.556. The van der Waals surface area contributed by atoms with Gasteiger partial charge in [0.05, 0.1) is 12.1 Å². The second-order valence-electron chi connectivity index (χ2n) is 6.32. The third-order valence-corrected chi connectivity index (χ3v) is 3.99. The van der Waals surface area contributed by atoms with E-state index in [2.05, 4.69) is 31.2 Å². The van der Waals surface area contributed by atoms with E-state index < -0.39 is 0 Å². The number of amides is 2. The number of aromatic nitrogens is 2. The van der Waals surface area contributed by atoms with Crippen molar-refractivity contribution in [2.45, 2.75) is 46.1 Å². The van der Waals surface area contributed by atoms with Gasteiger partial charge in [-0.25, -0.2) is 4.79 Å². The molecule has 0 fully saturated rings. The van der Waals surface area contributed by atoms with Gasteiger partial charge in [-0.2, -0.15) is 5.10 Å². The van der Waals surface area contributed by atoms with Crippen LogP contribution in [0.2, 0.25) is 0 Å². The molecule has 1 aromatic heterocycles. The molecule has 0 spiro atoms. The summed E-state index contributed by atoms with van der Waals surface area (Å²) in [6.45, 7) is 7.27. The fourth-order valence-electron chi connectivity index (χ4n) is 2.58. The Balaban J connectivity index is 2.07. The summed E-state index contributed by atoms with van der Waals surface area (Å²) < 4.78 is 1.92. The van der Waals surface area contributed by atoms with Gasteiger partial charge in [0.25, 0.3) is 0 Å². The third-order valence-electron chi connectivity index (χ3n) is 3.99. The predicted molar refractivity (Wildman–Crippen MR) is 97.3 cm³/mol. The monoisotopic (exact) mass is 332 g/mol. The van der Waals surface area contributed by atoms with Crippen LogP contribution in [0.1, 0.15) is 46.1 Å². The molecule has 0 aliphatic rings. The summed E-state index contributed by atoms with van der Waals surface area (Å²) in [4.78, 5) is 14.1. The van der Waals surface area contributed by atoms with Crippen molar-refractivity contribution in [1.29, 1.82) is 0 Å². The molecule has 6 heteroatoms. The molecule has 0 saturated carbocycles. The van der Waals surface area contributed by atoms with Crippen molar-refractivity contribution in [3.05, 3.63) is 24.4 Å². The van der Waals surface area contributed by atoms with Crippen molar-refractivity contribution >= 4 is 22.6 Å². The van der Waals surface area contributed by atoms with Crippen LogP contribution in [0.3, 0.4) is 0 Å². The molecule has 0 atom stereocenters. The number of carbonyl (C=O) groups excluding carboxylic acids is 1. The van der Waals surface area contributed by atoms with E-state index in [1.165, 1.54) is 0 Å². The minimum Gasteiger partial charge on any atom is -0.395 e. The highest BCUT2D eigenvalue weighted by Gasteiger charge is 2.13. The smallest absolute Gasteiger partial charge is 0.321 e. The molecule has 0 unspecified atom stereocenters. The van der Waals surface area contributed by atoms with Gasteiger partial charge < -0.3 is 15.3 Å². The molecule has 2 amide bonds. The summed E-state index contributed by atoms with van der Waals surface area (Å²) in [5.41, 5.74) is 1.66. The number of hydrogen-bond donors (Lipinski definition) is 2. The highest BCUT2D eigenvalue weighted by atomic mass is 16.3. The van der Waals surface area contributed by atoms with Crippen molar-refractivity contribution in [2.24, 2.45) is 0 Å². The second kappa shape index (κ2) is 8.68. The first-order chi connectivity index (χ1) is 11.5. The number of hydrogen-bond acceptors (Lipinski definition) is 3. The Bertz CT molecular complexity index is 666. The first-order valence-electron chi connectivity index (χ1n) is 8.70. The Morgan fingerprint density at radius 1 is 1.33 bits per heavy atom. The van der Waals surface area contributed by atoms with E-state index in [0.29, 0.717) is 19.1 Å². The molecule has 0 aliphatic carbocycles. The van der Waals surface area contributed by atoms with Crippen LogP contribution in [0.25, 0.3) is 10.9 Å². The van der Waals surface area contributed by atoms with Gasteiger partial charge >= 0.3 is 6.03 Å². The molecule has 0 aliphatic heterocycles. The predicted octanol–water partition coefficient (Wildman–Crippen LogP) is 3.63. The lowest BCUT2D eigenvalue weighted by Crippen LogP contribution is -2.37. The van der Waals surface area contributed by atoms with Gasteiger partial charge in [-0.3, -0.25) is 4.68 Å². The molecule has 6 nitrogen and oxygen atoms in total. The normalized spacial score (nSPS) is 11.2. The molecule has 24 heavy (non-hydrogen) atoms. The van der Waals surface area contributed by atoms with E-state index in [1.54, 1.807) is 4.90 Å². The van der Waals surface area contributed by atoms with E-state index in [9.17, 15) is 9.90 Å². The number of rotatable bonds is 8. The van der Waals surface area contributed by atoms with Gasteiger partial charge in [-0.1, -0.05) is 19.8 Å². The minimum absolute atomic E-state index is 0.0280. The molecule has 1 aromatic carbocycles. The maximum atomic E-state index is 12.4.